The molecule has 0 radical (unpaired) electrons. The van der Waals surface area contributed by atoms with Gasteiger partial charge in [0.25, 0.3) is 5.91 Å². The Morgan fingerprint density at radius 3 is 2.52 bits per heavy atom. The third kappa shape index (κ3) is 4.30. The van der Waals surface area contributed by atoms with Crippen molar-refractivity contribution in [3.63, 3.8) is 0 Å². The highest BCUT2D eigenvalue weighted by Crippen LogP contribution is 2.58. The van der Waals surface area contributed by atoms with Crippen molar-refractivity contribution in [2.75, 3.05) is 13.6 Å². The number of likely N-dealkylation sites (N-methyl/N-ethyl adjacent to an activating group) is 1. The molecule has 6 heteroatoms. The summed E-state index contributed by atoms with van der Waals surface area (Å²) in [7, 11) is 1.72. The SMILES string of the molecule is Cc1ccc(F)c(-c2ccc(COc3ccc4c(c3)[C@@]3(C[C@@H]3C(=O)O)CN(C)C4=O)cc2C2=CCCC2(C)C)c1. The first-order valence-electron chi connectivity index (χ1n) is 13.9. The second kappa shape index (κ2) is 9.33. The number of ether oxygens (including phenoxy) is 1. The van der Waals surface area contributed by atoms with Crippen LogP contribution in [0, 0.1) is 24.1 Å². The number of aliphatic carboxylic acids is 1. The molecular weight excluding hydrogens is 505 g/mol. The lowest BCUT2D eigenvalue weighted by Crippen LogP contribution is -2.42. The van der Waals surface area contributed by atoms with Crippen LogP contribution in [0.4, 0.5) is 4.39 Å². The van der Waals surface area contributed by atoms with E-state index in [4.69, 9.17) is 4.74 Å². The molecule has 2 aliphatic carbocycles. The summed E-state index contributed by atoms with van der Waals surface area (Å²) in [6.07, 6.45) is 4.81. The number of halogens is 1. The van der Waals surface area contributed by atoms with Gasteiger partial charge >= 0.3 is 5.97 Å². The number of amides is 1. The van der Waals surface area contributed by atoms with Gasteiger partial charge in [-0.05, 0) is 95.8 Å². The van der Waals surface area contributed by atoms with Crippen molar-refractivity contribution in [2.45, 2.75) is 52.1 Å². The van der Waals surface area contributed by atoms with E-state index in [1.165, 1.54) is 11.6 Å². The van der Waals surface area contributed by atoms with Crippen LogP contribution in [-0.2, 0) is 16.8 Å². The zero-order chi connectivity index (χ0) is 28.4. The average Bonchev–Trinajstić information content (AvgIpc) is 3.53. The number of hydrogen-bond donors (Lipinski definition) is 1. The molecule has 2 atom stereocenters. The number of rotatable bonds is 6. The second-order valence-corrected chi connectivity index (χ2v) is 12.3. The van der Waals surface area contributed by atoms with Gasteiger partial charge < -0.3 is 14.7 Å². The van der Waals surface area contributed by atoms with E-state index in [0.29, 0.717) is 36.4 Å². The fourth-order valence-electron chi connectivity index (χ4n) is 6.71. The summed E-state index contributed by atoms with van der Waals surface area (Å²) in [5, 5.41) is 9.70. The van der Waals surface area contributed by atoms with Crippen molar-refractivity contribution < 1.29 is 23.8 Å². The number of benzene rings is 3. The van der Waals surface area contributed by atoms with Crippen LogP contribution in [0.3, 0.4) is 0 Å². The predicted molar refractivity (Wildman–Crippen MR) is 153 cm³/mol. The van der Waals surface area contributed by atoms with E-state index in [-0.39, 0.29) is 17.1 Å². The molecule has 0 bridgehead atoms. The van der Waals surface area contributed by atoms with Crippen LogP contribution < -0.4 is 4.74 Å². The van der Waals surface area contributed by atoms with Gasteiger partial charge in [-0.15, -0.1) is 0 Å². The van der Waals surface area contributed by atoms with Crippen LogP contribution in [0.5, 0.6) is 5.75 Å². The fraction of sp³-hybridized carbons (Fsp3) is 0.353. The molecule has 3 aromatic carbocycles. The van der Waals surface area contributed by atoms with Crippen LogP contribution in [0.25, 0.3) is 16.7 Å². The van der Waals surface area contributed by atoms with Crippen molar-refractivity contribution in [1.82, 2.24) is 4.90 Å². The average molecular weight is 540 g/mol. The Kier molecular flexibility index (Phi) is 6.13. The van der Waals surface area contributed by atoms with Crippen LogP contribution >= 0.6 is 0 Å². The van der Waals surface area contributed by atoms with Gasteiger partial charge in [-0.25, -0.2) is 4.39 Å². The van der Waals surface area contributed by atoms with E-state index in [2.05, 4.69) is 26.0 Å². The molecule has 1 aliphatic heterocycles. The number of carbonyl (C=O) groups excluding carboxylic acids is 1. The topological polar surface area (TPSA) is 66.8 Å². The molecule has 0 aromatic heterocycles. The third-order valence-corrected chi connectivity index (χ3v) is 9.04. The summed E-state index contributed by atoms with van der Waals surface area (Å²) in [6.45, 7) is 7.12. The molecule has 1 fully saturated rings. The summed E-state index contributed by atoms with van der Waals surface area (Å²) in [5.74, 6) is -1.07. The molecule has 0 unspecified atom stereocenters. The highest BCUT2D eigenvalue weighted by Gasteiger charge is 2.63. The number of carboxylic acid groups (broad SMARTS) is 1. The van der Waals surface area contributed by atoms with Crippen LogP contribution in [0.15, 0.2) is 60.7 Å². The summed E-state index contributed by atoms with van der Waals surface area (Å²) in [5.41, 5.74) is 6.40. The maximum Gasteiger partial charge on any atom is 0.307 e. The van der Waals surface area contributed by atoms with Gasteiger partial charge in [-0.2, -0.15) is 0 Å². The van der Waals surface area contributed by atoms with Gasteiger partial charge in [0.2, 0.25) is 0 Å². The van der Waals surface area contributed by atoms with Crippen LogP contribution in [0.2, 0.25) is 0 Å². The second-order valence-electron chi connectivity index (χ2n) is 12.3. The zero-order valence-corrected chi connectivity index (χ0v) is 23.4. The van der Waals surface area contributed by atoms with E-state index < -0.39 is 17.3 Å². The number of fused-ring (bicyclic) bond motifs is 2. The van der Waals surface area contributed by atoms with E-state index in [1.807, 2.05) is 31.2 Å². The van der Waals surface area contributed by atoms with Gasteiger partial charge in [-0.1, -0.05) is 43.7 Å². The normalized spacial score (nSPS) is 22.7. The molecular formula is C34H34FNO4. The Morgan fingerprint density at radius 1 is 1.05 bits per heavy atom. The Bertz CT molecular complexity index is 1590. The Labute approximate surface area is 234 Å². The first kappa shape index (κ1) is 26.3. The Hall–Kier alpha value is -3.93. The smallest absolute Gasteiger partial charge is 0.307 e. The summed E-state index contributed by atoms with van der Waals surface area (Å²) in [6, 6.07) is 16.7. The van der Waals surface area contributed by atoms with Crippen molar-refractivity contribution in [3.05, 3.63) is 94.3 Å². The first-order chi connectivity index (χ1) is 19.0. The quantitative estimate of drug-likeness (QED) is 0.366. The lowest BCUT2D eigenvalue weighted by Gasteiger charge is -2.33. The lowest BCUT2D eigenvalue weighted by molar-refractivity contribution is -0.139. The maximum atomic E-state index is 15.0. The number of carboxylic acids is 1. The minimum atomic E-state index is -0.832. The predicted octanol–water partition coefficient (Wildman–Crippen LogP) is 7.01. The highest BCUT2D eigenvalue weighted by molar-refractivity contribution is 5.99. The molecule has 1 N–H and O–H groups in total. The number of allylic oxidation sites excluding steroid dienone is 2. The maximum absolute atomic E-state index is 15.0. The van der Waals surface area contributed by atoms with Gasteiger partial charge in [0.1, 0.15) is 18.2 Å². The molecule has 3 aromatic rings. The van der Waals surface area contributed by atoms with E-state index in [9.17, 15) is 14.7 Å². The molecule has 1 saturated carbocycles. The number of nitrogens with zero attached hydrogens (tertiary/aromatic N) is 1. The van der Waals surface area contributed by atoms with Crippen molar-refractivity contribution in [2.24, 2.45) is 11.3 Å². The largest absolute Gasteiger partial charge is 0.489 e. The molecule has 206 valence electrons. The van der Waals surface area contributed by atoms with Gasteiger partial charge in [-0.3, -0.25) is 9.59 Å². The van der Waals surface area contributed by atoms with Crippen molar-refractivity contribution in [3.8, 4) is 16.9 Å². The molecule has 1 heterocycles. The first-order valence-corrected chi connectivity index (χ1v) is 13.9. The standard InChI is InChI=1S/C34H34FNO4/c1-20-7-12-30(35)26(14-20)23-10-8-21(15-25(23)27-6-5-13-33(27,2)3)18-40-22-9-11-24-28(16-22)34(17-29(34)32(38)39)19-36(4)31(24)37/h6-12,14-16,29H,5,13,17-19H2,1-4H3,(H,38,39)/t29-,34-/m1/s1. The molecule has 0 saturated heterocycles. The summed E-state index contributed by atoms with van der Waals surface area (Å²) < 4.78 is 21.2. The molecule has 1 amide bonds. The van der Waals surface area contributed by atoms with Gasteiger partial charge in [0.15, 0.2) is 0 Å². The monoisotopic (exact) mass is 539 g/mol. The van der Waals surface area contributed by atoms with Crippen molar-refractivity contribution >= 4 is 17.4 Å². The van der Waals surface area contributed by atoms with E-state index in [0.717, 1.165) is 40.7 Å². The van der Waals surface area contributed by atoms with Crippen molar-refractivity contribution in [1.29, 1.82) is 0 Å². The molecule has 1 spiro atoms. The minimum absolute atomic E-state index is 0.0218. The summed E-state index contributed by atoms with van der Waals surface area (Å²) >= 11 is 0. The third-order valence-electron chi connectivity index (χ3n) is 9.04. The van der Waals surface area contributed by atoms with E-state index >= 15 is 4.39 Å². The fourth-order valence-corrected chi connectivity index (χ4v) is 6.71. The zero-order valence-electron chi connectivity index (χ0n) is 23.4. The molecule has 6 rings (SSSR count). The Morgan fingerprint density at radius 2 is 1.82 bits per heavy atom. The number of hydrogen-bond acceptors (Lipinski definition) is 3. The molecule has 5 nitrogen and oxygen atoms in total. The highest BCUT2D eigenvalue weighted by atomic mass is 19.1. The number of carbonyl (C=O) groups is 2. The summed E-state index contributed by atoms with van der Waals surface area (Å²) in [4.78, 5) is 26.3. The van der Waals surface area contributed by atoms with Crippen LogP contribution in [0.1, 0.15) is 65.7 Å². The van der Waals surface area contributed by atoms with Crippen LogP contribution in [-0.4, -0.2) is 35.5 Å². The number of aryl methyl sites for hydroxylation is 1. The minimum Gasteiger partial charge on any atom is -0.489 e. The lowest BCUT2D eigenvalue weighted by atomic mass is 9.79. The molecule has 3 aliphatic rings. The Balaban J connectivity index is 1.33. The van der Waals surface area contributed by atoms with E-state index in [1.54, 1.807) is 30.1 Å². The van der Waals surface area contributed by atoms with Gasteiger partial charge in [0, 0.05) is 30.1 Å². The molecule has 40 heavy (non-hydrogen) atoms. The van der Waals surface area contributed by atoms with Gasteiger partial charge in [0.05, 0.1) is 5.92 Å².